The van der Waals surface area contributed by atoms with Crippen LogP contribution in [0.2, 0.25) is 0 Å². The fourth-order valence-corrected chi connectivity index (χ4v) is 1.10. The molecule has 0 heterocycles. The number of ether oxygens (including phenoxy) is 1. The minimum Gasteiger partial charge on any atom is -0.375 e. The standard InChI is InChI=1S/C10H18O2/c1-8(11)10(5-6-10)7-12-9(2,3)4/h5-7H2,1-4H3. The zero-order valence-corrected chi connectivity index (χ0v) is 8.44. The van der Waals surface area contributed by atoms with Crippen LogP contribution in [-0.4, -0.2) is 18.0 Å². The third-order valence-corrected chi connectivity index (χ3v) is 2.38. The fraction of sp³-hybridized carbons (Fsp3) is 0.900. The van der Waals surface area contributed by atoms with Gasteiger partial charge in [0, 0.05) is 0 Å². The van der Waals surface area contributed by atoms with Crippen LogP contribution >= 0.6 is 0 Å². The van der Waals surface area contributed by atoms with Crippen molar-refractivity contribution >= 4 is 5.78 Å². The molecule has 0 atom stereocenters. The maximum Gasteiger partial charge on any atom is 0.138 e. The number of carbonyl (C=O) groups excluding carboxylic acids is 1. The lowest BCUT2D eigenvalue weighted by molar-refractivity contribution is -0.126. The lowest BCUT2D eigenvalue weighted by Crippen LogP contribution is -2.27. The van der Waals surface area contributed by atoms with Crippen LogP contribution in [0.15, 0.2) is 0 Å². The molecule has 0 aromatic rings. The highest BCUT2D eigenvalue weighted by atomic mass is 16.5. The van der Waals surface area contributed by atoms with E-state index in [0.29, 0.717) is 6.61 Å². The summed E-state index contributed by atoms with van der Waals surface area (Å²) in [6, 6.07) is 0. The van der Waals surface area contributed by atoms with E-state index in [4.69, 9.17) is 4.74 Å². The molecule has 1 rings (SSSR count). The van der Waals surface area contributed by atoms with E-state index in [2.05, 4.69) is 0 Å². The summed E-state index contributed by atoms with van der Waals surface area (Å²) in [4.78, 5) is 11.2. The Morgan fingerprint density at radius 1 is 1.42 bits per heavy atom. The summed E-state index contributed by atoms with van der Waals surface area (Å²) in [5.74, 6) is 0.284. The summed E-state index contributed by atoms with van der Waals surface area (Å²) in [5.41, 5.74) is -0.224. The van der Waals surface area contributed by atoms with E-state index in [1.807, 2.05) is 20.8 Å². The van der Waals surface area contributed by atoms with Gasteiger partial charge in [-0.05, 0) is 40.5 Å². The maximum atomic E-state index is 11.2. The Hall–Kier alpha value is -0.370. The molecule has 0 spiro atoms. The first kappa shape index (κ1) is 9.72. The fourth-order valence-electron chi connectivity index (χ4n) is 1.10. The Balaban J connectivity index is 2.37. The smallest absolute Gasteiger partial charge is 0.138 e. The molecule has 0 aromatic carbocycles. The van der Waals surface area contributed by atoms with Crippen LogP contribution in [-0.2, 0) is 9.53 Å². The third kappa shape index (κ3) is 2.31. The molecule has 0 bridgehead atoms. The van der Waals surface area contributed by atoms with Crippen molar-refractivity contribution in [1.82, 2.24) is 0 Å². The lowest BCUT2D eigenvalue weighted by atomic mass is 10.0. The number of rotatable bonds is 3. The van der Waals surface area contributed by atoms with Gasteiger partial charge in [0.15, 0.2) is 0 Å². The van der Waals surface area contributed by atoms with Crippen LogP contribution in [0, 0.1) is 5.41 Å². The molecule has 1 saturated carbocycles. The first-order valence-corrected chi connectivity index (χ1v) is 4.51. The van der Waals surface area contributed by atoms with Gasteiger partial charge >= 0.3 is 0 Å². The quantitative estimate of drug-likeness (QED) is 0.649. The van der Waals surface area contributed by atoms with Crippen LogP contribution in [0.3, 0.4) is 0 Å². The molecular weight excluding hydrogens is 152 g/mol. The molecular formula is C10H18O2. The summed E-state index contributed by atoms with van der Waals surface area (Å²) >= 11 is 0. The minimum absolute atomic E-state index is 0.104. The predicted octanol–water partition coefficient (Wildman–Crippen LogP) is 2.17. The third-order valence-electron chi connectivity index (χ3n) is 2.38. The Labute approximate surface area is 74.3 Å². The SMILES string of the molecule is CC(=O)C1(COC(C)(C)C)CC1. The lowest BCUT2D eigenvalue weighted by Gasteiger charge is -2.22. The van der Waals surface area contributed by atoms with Crippen LogP contribution in [0.5, 0.6) is 0 Å². The van der Waals surface area contributed by atoms with Gasteiger partial charge in [-0.1, -0.05) is 0 Å². The molecule has 0 aromatic heterocycles. The van der Waals surface area contributed by atoms with E-state index in [1.54, 1.807) is 6.92 Å². The van der Waals surface area contributed by atoms with Crippen molar-refractivity contribution in [2.45, 2.75) is 46.1 Å². The van der Waals surface area contributed by atoms with Gasteiger partial charge in [-0.25, -0.2) is 0 Å². The van der Waals surface area contributed by atoms with E-state index < -0.39 is 0 Å². The van der Waals surface area contributed by atoms with Gasteiger partial charge in [0.2, 0.25) is 0 Å². The van der Waals surface area contributed by atoms with E-state index in [0.717, 1.165) is 12.8 Å². The summed E-state index contributed by atoms with van der Waals surface area (Å²) in [6.45, 7) is 8.32. The zero-order valence-electron chi connectivity index (χ0n) is 8.44. The van der Waals surface area contributed by atoms with Gasteiger partial charge in [-0.15, -0.1) is 0 Å². The number of carbonyl (C=O) groups is 1. The molecule has 0 saturated heterocycles. The second kappa shape index (κ2) is 2.84. The molecule has 2 nitrogen and oxygen atoms in total. The number of hydrogen-bond donors (Lipinski definition) is 0. The minimum atomic E-state index is -0.120. The van der Waals surface area contributed by atoms with Gasteiger partial charge < -0.3 is 4.74 Å². The number of ketones is 1. The van der Waals surface area contributed by atoms with Gasteiger partial charge in [-0.2, -0.15) is 0 Å². The molecule has 12 heavy (non-hydrogen) atoms. The number of hydrogen-bond acceptors (Lipinski definition) is 2. The molecule has 1 aliphatic carbocycles. The van der Waals surface area contributed by atoms with Crippen LogP contribution in [0.1, 0.15) is 40.5 Å². The van der Waals surface area contributed by atoms with E-state index in [1.165, 1.54) is 0 Å². The summed E-state index contributed by atoms with van der Waals surface area (Å²) in [5, 5.41) is 0. The van der Waals surface area contributed by atoms with E-state index in [-0.39, 0.29) is 16.8 Å². The van der Waals surface area contributed by atoms with Crippen LogP contribution in [0.25, 0.3) is 0 Å². The molecule has 0 aliphatic heterocycles. The van der Waals surface area contributed by atoms with Crippen molar-refractivity contribution in [2.75, 3.05) is 6.61 Å². The Bertz CT molecular complexity index is 185. The second-order valence-corrected chi connectivity index (χ2v) is 4.74. The second-order valence-electron chi connectivity index (χ2n) is 4.74. The van der Waals surface area contributed by atoms with E-state index >= 15 is 0 Å². The molecule has 0 N–H and O–H groups in total. The summed E-state index contributed by atoms with van der Waals surface area (Å²) in [7, 11) is 0. The maximum absolute atomic E-state index is 11.2. The highest BCUT2D eigenvalue weighted by Gasteiger charge is 2.48. The molecule has 2 heteroatoms. The van der Waals surface area contributed by atoms with Crippen molar-refractivity contribution in [2.24, 2.45) is 5.41 Å². The normalized spacial score (nSPS) is 20.7. The largest absolute Gasteiger partial charge is 0.375 e. The van der Waals surface area contributed by atoms with Gasteiger partial charge in [0.1, 0.15) is 5.78 Å². The highest BCUT2D eigenvalue weighted by molar-refractivity contribution is 5.85. The van der Waals surface area contributed by atoms with Crippen molar-refractivity contribution in [3.8, 4) is 0 Å². The van der Waals surface area contributed by atoms with Gasteiger partial charge in [0.25, 0.3) is 0 Å². The molecule has 70 valence electrons. The van der Waals surface area contributed by atoms with Crippen molar-refractivity contribution in [1.29, 1.82) is 0 Å². The van der Waals surface area contributed by atoms with Gasteiger partial charge in [0.05, 0.1) is 17.6 Å². The molecule has 1 aliphatic rings. The number of Topliss-reactive ketones (excluding diaryl/α,β-unsaturated/α-hetero) is 1. The summed E-state index contributed by atoms with van der Waals surface area (Å²) < 4.78 is 5.60. The first-order valence-electron chi connectivity index (χ1n) is 4.51. The van der Waals surface area contributed by atoms with Crippen molar-refractivity contribution in [3.05, 3.63) is 0 Å². The zero-order chi connectivity index (χ0) is 9.41. The van der Waals surface area contributed by atoms with Crippen LogP contribution < -0.4 is 0 Å². The van der Waals surface area contributed by atoms with Crippen molar-refractivity contribution < 1.29 is 9.53 Å². The Kier molecular flexibility index (Phi) is 2.30. The monoisotopic (exact) mass is 170 g/mol. The average molecular weight is 170 g/mol. The molecule has 0 radical (unpaired) electrons. The van der Waals surface area contributed by atoms with E-state index in [9.17, 15) is 4.79 Å². The topological polar surface area (TPSA) is 26.3 Å². The predicted molar refractivity (Wildman–Crippen MR) is 48.1 cm³/mol. The highest BCUT2D eigenvalue weighted by Crippen LogP contribution is 2.47. The first-order chi connectivity index (χ1) is 5.36. The molecule has 1 fully saturated rings. The van der Waals surface area contributed by atoms with Crippen molar-refractivity contribution in [3.63, 3.8) is 0 Å². The van der Waals surface area contributed by atoms with Crippen LogP contribution in [0.4, 0.5) is 0 Å². The Morgan fingerprint density at radius 3 is 2.17 bits per heavy atom. The Morgan fingerprint density at radius 2 is 1.92 bits per heavy atom. The average Bonchev–Trinajstić information content (AvgIpc) is 2.61. The summed E-state index contributed by atoms with van der Waals surface area (Å²) in [6.07, 6.45) is 2.02. The molecule has 0 amide bonds. The van der Waals surface area contributed by atoms with Gasteiger partial charge in [-0.3, -0.25) is 4.79 Å². The molecule has 0 unspecified atom stereocenters.